The van der Waals surface area contributed by atoms with Crippen LogP contribution in [0.15, 0.2) is 48.8 Å². The molecular formula is C19H16F2N4O. The molecule has 0 bridgehead atoms. The van der Waals surface area contributed by atoms with Crippen LogP contribution in [0.25, 0.3) is 0 Å². The predicted molar refractivity (Wildman–Crippen MR) is 95.5 cm³/mol. The minimum atomic E-state index is -0.860. The summed E-state index contributed by atoms with van der Waals surface area (Å²) in [6.07, 6.45) is 1.21. The first-order chi connectivity index (χ1) is 12.4. The van der Waals surface area contributed by atoms with Crippen LogP contribution in [0.4, 0.5) is 26.0 Å². The molecule has 0 unspecified atom stereocenters. The highest BCUT2D eigenvalue weighted by molar-refractivity contribution is 6.03. The number of benzene rings is 2. The zero-order valence-corrected chi connectivity index (χ0v) is 14.2. The largest absolute Gasteiger partial charge is 0.340 e. The summed E-state index contributed by atoms with van der Waals surface area (Å²) in [5.74, 6) is -2.06. The van der Waals surface area contributed by atoms with Gasteiger partial charge >= 0.3 is 0 Å². The Hall–Kier alpha value is -3.35. The third kappa shape index (κ3) is 4.00. The molecule has 0 aliphatic heterocycles. The SMILES string of the molecule is Cc1cc(C)cc(Nc2cc(C(=O)Nc3c(F)cccc3F)ncn2)c1. The Labute approximate surface area is 149 Å². The Balaban J connectivity index is 1.81. The van der Waals surface area contributed by atoms with E-state index in [0.717, 1.165) is 28.9 Å². The normalized spacial score (nSPS) is 10.5. The van der Waals surface area contributed by atoms with Crippen molar-refractivity contribution in [1.82, 2.24) is 9.97 Å². The van der Waals surface area contributed by atoms with Gasteiger partial charge in [-0.15, -0.1) is 0 Å². The number of carbonyl (C=O) groups is 1. The molecule has 1 aromatic heterocycles. The van der Waals surface area contributed by atoms with E-state index in [0.29, 0.717) is 5.82 Å². The molecule has 0 aliphatic rings. The average Bonchev–Trinajstić information content (AvgIpc) is 2.57. The Morgan fingerprint density at radius 2 is 1.62 bits per heavy atom. The molecular weight excluding hydrogens is 338 g/mol. The number of hydrogen-bond donors (Lipinski definition) is 2. The maximum absolute atomic E-state index is 13.7. The summed E-state index contributed by atoms with van der Waals surface area (Å²) in [5, 5.41) is 5.29. The number of rotatable bonds is 4. The van der Waals surface area contributed by atoms with Crippen LogP contribution >= 0.6 is 0 Å². The fourth-order valence-electron chi connectivity index (χ4n) is 2.54. The highest BCUT2D eigenvalue weighted by atomic mass is 19.1. The zero-order valence-electron chi connectivity index (χ0n) is 14.2. The minimum absolute atomic E-state index is 0.0190. The third-order valence-corrected chi connectivity index (χ3v) is 3.60. The number of amides is 1. The molecule has 5 nitrogen and oxygen atoms in total. The number of nitrogens with one attached hydrogen (secondary N) is 2. The van der Waals surface area contributed by atoms with E-state index in [4.69, 9.17) is 0 Å². The number of aryl methyl sites for hydroxylation is 2. The molecule has 0 spiro atoms. The van der Waals surface area contributed by atoms with Gasteiger partial charge in [0, 0.05) is 11.8 Å². The Kier molecular flexibility index (Phi) is 4.88. The molecule has 2 N–H and O–H groups in total. The van der Waals surface area contributed by atoms with E-state index in [1.165, 1.54) is 18.5 Å². The van der Waals surface area contributed by atoms with Crippen molar-refractivity contribution >= 4 is 23.1 Å². The van der Waals surface area contributed by atoms with Crippen LogP contribution in [-0.2, 0) is 0 Å². The summed E-state index contributed by atoms with van der Waals surface area (Å²) in [7, 11) is 0. The maximum atomic E-state index is 13.7. The lowest BCUT2D eigenvalue weighted by Gasteiger charge is -2.10. The van der Waals surface area contributed by atoms with Crippen molar-refractivity contribution in [1.29, 1.82) is 0 Å². The van der Waals surface area contributed by atoms with Crippen LogP contribution < -0.4 is 10.6 Å². The quantitative estimate of drug-likeness (QED) is 0.730. The molecule has 1 heterocycles. The monoisotopic (exact) mass is 354 g/mol. The van der Waals surface area contributed by atoms with Gasteiger partial charge in [0.05, 0.1) is 0 Å². The van der Waals surface area contributed by atoms with Gasteiger partial charge in [0.2, 0.25) is 0 Å². The summed E-state index contributed by atoms with van der Waals surface area (Å²) in [4.78, 5) is 20.2. The Bertz CT molecular complexity index is 935. The van der Waals surface area contributed by atoms with E-state index in [1.807, 2.05) is 32.0 Å². The van der Waals surface area contributed by atoms with Crippen molar-refractivity contribution in [3.8, 4) is 0 Å². The van der Waals surface area contributed by atoms with E-state index in [2.05, 4.69) is 20.6 Å². The second-order valence-electron chi connectivity index (χ2n) is 5.84. The van der Waals surface area contributed by atoms with Crippen molar-refractivity contribution in [2.45, 2.75) is 13.8 Å². The number of nitrogens with zero attached hydrogens (tertiary/aromatic N) is 2. The number of para-hydroxylation sites is 1. The minimum Gasteiger partial charge on any atom is -0.340 e. The van der Waals surface area contributed by atoms with Gasteiger partial charge in [-0.1, -0.05) is 12.1 Å². The van der Waals surface area contributed by atoms with Crippen molar-refractivity contribution in [2.75, 3.05) is 10.6 Å². The summed E-state index contributed by atoms with van der Waals surface area (Å²) >= 11 is 0. The van der Waals surface area contributed by atoms with Gasteiger partial charge in [0.15, 0.2) is 0 Å². The Morgan fingerprint density at radius 3 is 2.27 bits per heavy atom. The number of hydrogen-bond acceptors (Lipinski definition) is 4. The molecule has 0 radical (unpaired) electrons. The molecule has 2 aromatic carbocycles. The van der Waals surface area contributed by atoms with Crippen LogP contribution in [0, 0.1) is 25.5 Å². The molecule has 0 fully saturated rings. The second-order valence-corrected chi connectivity index (χ2v) is 5.84. The molecule has 7 heteroatoms. The highest BCUT2D eigenvalue weighted by Crippen LogP contribution is 2.20. The first kappa shape index (κ1) is 17.5. The summed E-state index contributed by atoms with van der Waals surface area (Å²) in [6.45, 7) is 3.94. The zero-order chi connectivity index (χ0) is 18.7. The van der Waals surface area contributed by atoms with Gasteiger partial charge in [-0.2, -0.15) is 0 Å². The fraction of sp³-hybridized carbons (Fsp3) is 0.105. The van der Waals surface area contributed by atoms with Crippen molar-refractivity contribution in [3.63, 3.8) is 0 Å². The first-order valence-corrected chi connectivity index (χ1v) is 7.85. The summed E-state index contributed by atoms with van der Waals surface area (Å²) < 4.78 is 27.3. The summed E-state index contributed by atoms with van der Waals surface area (Å²) in [6, 6.07) is 10.7. The molecule has 0 saturated carbocycles. The fourth-order valence-corrected chi connectivity index (χ4v) is 2.54. The number of anilines is 3. The predicted octanol–water partition coefficient (Wildman–Crippen LogP) is 4.37. The standard InChI is InChI=1S/C19H16F2N4O/c1-11-6-12(2)8-13(7-11)24-17-9-16(22-10-23-17)19(26)25-18-14(20)4-3-5-15(18)21/h3-10H,1-2H3,(H,25,26)(H,22,23,24). The topological polar surface area (TPSA) is 66.9 Å². The molecule has 132 valence electrons. The van der Waals surface area contributed by atoms with E-state index < -0.39 is 23.2 Å². The van der Waals surface area contributed by atoms with Crippen molar-refractivity contribution in [3.05, 3.63) is 77.2 Å². The first-order valence-electron chi connectivity index (χ1n) is 7.85. The number of aromatic nitrogens is 2. The number of carbonyl (C=O) groups excluding carboxylic acids is 1. The lowest BCUT2D eigenvalue weighted by atomic mass is 10.1. The molecule has 0 saturated heterocycles. The maximum Gasteiger partial charge on any atom is 0.274 e. The van der Waals surface area contributed by atoms with E-state index >= 15 is 0 Å². The smallest absolute Gasteiger partial charge is 0.274 e. The lowest BCUT2D eigenvalue weighted by Crippen LogP contribution is -2.16. The molecule has 0 aliphatic carbocycles. The third-order valence-electron chi connectivity index (χ3n) is 3.60. The molecule has 0 atom stereocenters. The molecule has 3 aromatic rings. The van der Waals surface area contributed by atoms with Gasteiger partial charge < -0.3 is 10.6 Å². The van der Waals surface area contributed by atoms with Gasteiger partial charge in [0.25, 0.3) is 5.91 Å². The van der Waals surface area contributed by atoms with Crippen LogP contribution in [-0.4, -0.2) is 15.9 Å². The van der Waals surface area contributed by atoms with Crippen molar-refractivity contribution in [2.24, 2.45) is 0 Å². The van der Waals surface area contributed by atoms with Crippen LogP contribution in [0.5, 0.6) is 0 Å². The van der Waals surface area contributed by atoms with Gasteiger partial charge in [-0.25, -0.2) is 18.7 Å². The lowest BCUT2D eigenvalue weighted by molar-refractivity contribution is 0.102. The summed E-state index contributed by atoms with van der Waals surface area (Å²) in [5.41, 5.74) is 2.44. The molecule has 26 heavy (non-hydrogen) atoms. The van der Waals surface area contributed by atoms with E-state index in [9.17, 15) is 13.6 Å². The van der Waals surface area contributed by atoms with Gasteiger partial charge in [-0.3, -0.25) is 4.79 Å². The van der Waals surface area contributed by atoms with Crippen LogP contribution in [0.1, 0.15) is 21.6 Å². The van der Waals surface area contributed by atoms with Crippen molar-refractivity contribution < 1.29 is 13.6 Å². The molecule has 1 amide bonds. The van der Waals surface area contributed by atoms with Gasteiger partial charge in [-0.05, 0) is 49.2 Å². The Morgan fingerprint density at radius 1 is 0.962 bits per heavy atom. The highest BCUT2D eigenvalue weighted by Gasteiger charge is 2.15. The number of halogens is 2. The molecule has 3 rings (SSSR count). The van der Waals surface area contributed by atoms with E-state index in [1.54, 1.807) is 0 Å². The average molecular weight is 354 g/mol. The second kappa shape index (κ2) is 7.26. The van der Waals surface area contributed by atoms with Crippen LogP contribution in [0.3, 0.4) is 0 Å². The van der Waals surface area contributed by atoms with E-state index in [-0.39, 0.29) is 5.69 Å². The van der Waals surface area contributed by atoms with Crippen LogP contribution in [0.2, 0.25) is 0 Å². The van der Waals surface area contributed by atoms with Gasteiger partial charge in [0.1, 0.15) is 35.2 Å².